The maximum Gasteiger partial charge on any atom is 0.377 e. The van der Waals surface area contributed by atoms with Crippen LogP contribution < -0.4 is 0 Å². The van der Waals surface area contributed by atoms with Crippen molar-refractivity contribution in [1.82, 2.24) is 0 Å². The van der Waals surface area contributed by atoms with Gasteiger partial charge in [-0.1, -0.05) is 45.2 Å². The van der Waals surface area contributed by atoms with Crippen LogP contribution in [0.15, 0.2) is 0 Å². The monoisotopic (exact) mass is 418 g/mol. The second kappa shape index (κ2) is 7.13. The molecule has 0 aliphatic carbocycles. The summed E-state index contributed by atoms with van der Waals surface area (Å²) in [5.41, 5.74) is 0. The van der Waals surface area contributed by atoms with Crippen molar-refractivity contribution in [3.05, 3.63) is 0 Å². The van der Waals surface area contributed by atoms with Gasteiger partial charge in [0.1, 0.15) is 0 Å². The van der Waals surface area contributed by atoms with Crippen molar-refractivity contribution >= 4 is 51.2 Å². The van der Waals surface area contributed by atoms with Crippen LogP contribution in [0.5, 0.6) is 0 Å². The number of alkyl halides is 4. The van der Waals surface area contributed by atoms with Crippen LogP contribution >= 0.6 is 45.2 Å². The highest BCUT2D eigenvalue weighted by Crippen LogP contribution is 2.18. The van der Waals surface area contributed by atoms with E-state index in [2.05, 4.69) is 27.3 Å². The van der Waals surface area contributed by atoms with Crippen molar-refractivity contribution in [2.45, 2.75) is 18.8 Å². The molecule has 0 radical (unpaired) electrons. The Morgan fingerprint density at radius 2 is 1.92 bits per heavy atom. The zero-order valence-electron chi connectivity index (χ0n) is 6.86. The van der Waals surface area contributed by atoms with E-state index in [1.165, 1.54) is 22.6 Å². The lowest BCUT2D eigenvalue weighted by Gasteiger charge is -2.11. The molecule has 0 aromatic rings. The fourth-order valence-corrected chi connectivity index (χ4v) is 1.37. The van der Waals surface area contributed by atoms with Crippen LogP contribution in [-0.4, -0.2) is 27.4 Å². The van der Waals surface area contributed by atoms with Gasteiger partial charge in [0.2, 0.25) is 0 Å². The van der Waals surface area contributed by atoms with Gasteiger partial charge < -0.3 is 4.74 Å². The standard InChI is InChI=1S/C7H10F2I2O2/c8-7(9,5-11)6(12)13-4-2-1-3-10/h1-5H2. The summed E-state index contributed by atoms with van der Waals surface area (Å²) in [7, 11) is 0. The van der Waals surface area contributed by atoms with Crippen molar-refractivity contribution in [2.75, 3.05) is 15.5 Å². The third-order valence-electron chi connectivity index (χ3n) is 1.23. The minimum absolute atomic E-state index is 0.0913. The maximum atomic E-state index is 12.6. The number of ether oxygens (including phenoxy) is 1. The number of unbranched alkanes of at least 4 members (excludes halogenated alkanes) is 1. The number of hydrogen-bond donors (Lipinski definition) is 0. The van der Waals surface area contributed by atoms with Crippen molar-refractivity contribution < 1.29 is 18.3 Å². The number of carbonyl (C=O) groups excluding carboxylic acids is 1. The van der Waals surface area contributed by atoms with Crippen molar-refractivity contribution in [1.29, 1.82) is 0 Å². The molecule has 0 saturated heterocycles. The second-order valence-corrected chi connectivity index (χ2v) is 4.21. The summed E-state index contributed by atoms with van der Waals surface area (Å²) in [4.78, 5) is 10.7. The Morgan fingerprint density at radius 1 is 1.31 bits per heavy atom. The number of hydrogen-bond acceptors (Lipinski definition) is 2. The van der Waals surface area contributed by atoms with Gasteiger partial charge in [0.25, 0.3) is 0 Å². The lowest BCUT2D eigenvalue weighted by atomic mass is 10.3. The molecule has 0 fully saturated rings. The van der Waals surface area contributed by atoms with E-state index in [0.29, 0.717) is 6.42 Å². The van der Waals surface area contributed by atoms with Gasteiger partial charge in [-0.05, 0) is 17.3 Å². The fourth-order valence-electron chi connectivity index (χ4n) is 0.522. The van der Waals surface area contributed by atoms with Crippen LogP contribution in [0.3, 0.4) is 0 Å². The lowest BCUT2D eigenvalue weighted by molar-refractivity contribution is -0.168. The van der Waals surface area contributed by atoms with Crippen LogP contribution in [0.4, 0.5) is 8.78 Å². The number of carbonyl (C=O) groups is 1. The van der Waals surface area contributed by atoms with Crippen LogP contribution in [0, 0.1) is 0 Å². The summed E-state index contributed by atoms with van der Waals surface area (Å²) >= 11 is 3.64. The highest BCUT2D eigenvalue weighted by molar-refractivity contribution is 14.1. The molecule has 0 aliphatic rings. The van der Waals surface area contributed by atoms with E-state index in [9.17, 15) is 13.6 Å². The van der Waals surface area contributed by atoms with Gasteiger partial charge in [-0.15, -0.1) is 0 Å². The Morgan fingerprint density at radius 3 is 2.38 bits per heavy atom. The van der Waals surface area contributed by atoms with Gasteiger partial charge in [-0.25, -0.2) is 4.79 Å². The first-order chi connectivity index (χ1) is 6.04. The van der Waals surface area contributed by atoms with Crippen LogP contribution in [0.25, 0.3) is 0 Å². The second-order valence-electron chi connectivity index (χ2n) is 2.37. The zero-order chi connectivity index (χ0) is 10.3. The number of esters is 1. The van der Waals surface area contributed by atoms with E-state index < -0.39 is 16.3 Å². The molecule has 0 atom stereocenters. The summed E-state index contributed by atoms with van der Waals surface area (Å²) in [5.74, 6) is -4.74. The van der Waals surface area contributed by atoms with E-state index in [1.54, 1.807) is 0 Å². The minimum atomic E-state index is -3.33. The fraction of sp³-hybridized carbons (Fsp3) is 0.857. The molecule has 0 spiro atoms. The highest BCUT2D eigenvalue weighted by Gasteiger charge is 2.39. The van der Waals surface area contributed by atoms with Gasteiger partial charge in [0, 0.05) is 0 Å². The normalized spacial score (nSPS) is 11.4. The van der Waals surface area contributed by atoms with Crippen LogP contribution in [0.2, 0.25) is 0 Å². The SMILES string of the molecule is O=C(OCCCCI)C(F)(F)CI. The largest absolute Gasteiger partial charge is 0.461 e. The van der Waals surface area contributed by atoms with E-state index in [1.807, 2.05) is 0 Å². The molecule has 0 amide bonds. The van der Waals surface area contributed by atoms with Crippen molar-refractivity contribution in [3.63, 3.8) is 0 Å². The predicted octanol–water partition coefficient (Wildman–Crippen LogP) is 2.82. The molecule has 6 heteroatoms. The molecule has 0 aromatic heterocycles. The average Bonchev–Trinajstić information content (AvgIpc) is 2.12. The Hall–Kier alpha value is 0.790. The maximum absolute atomic E-state index is 12.6. The molecule has 13 heavy (non-hydrogen) atoms. The molecule has 0 heterocycles. The van der Waals surface area contributed by atoms with E-state index in [4.69, 9.17) is 0 Å². The summed E-state index contributed by atoms with van der Waals surface area (Å²) in [6.45, 7) is 0.0913. The van der Waals surface area contributed by atoms with Crippen molar-refractivity contribution in [2.24, 2.45) is 0 Å². The van der Waals surface area contributed by atoms with Crippen molar-refractivity contribution in [3.8, 4) is 0 Å². The molecule has 0 saturated carbocycles. The summed E-state index contributed by atoms with van der Waals surface area (Å²) < 4.78 is 30.0. The Labute approximate surface area is 103 Å². The Bertz CT molecular complexity index is 165. The number of rotatable bonds is 6. The minimum Gasteiger partial charge on any atom is -0.461 e. The highest BCUT2D eigenvalue weighted by atomic mass is 127. The van der Waals surface area contributed by atoms with Gasteiger partial charge in [-0.3, -0.25) is 0 Å². The van der Waals surface area contributed by atoms with Gasteiger partial charge in [0.05, 0.1) is 11.0 Å². The molecular weight excluding hydrogens is 408 g/mol. The smallest absolute Gasteiger partial charge is 0.377 e. The average molecular weight is 418 g/mol. The molecule has 2 nitrogen and oxygen atoms in total. The Kier molecular flexibility index (Phi) is 7.56. The molecule has 0 bridgehead atoms. The van der Waals surface area contributed by atoms with E-state index in [0.717, 1.165) is 10.8 Å². The predicted molar refractivity (Wildman–Crippen MR) is 62.9 cm³/mol. The van der Waals surface area contributed by atoms with Gasteiger partial charge in [0.15, 0.2) is 0 Å². The third-order valence-corrected chi connectivity index (χ3v) is 2.95. The molecule has 0 N–H and O–H groups in total. The molecule has 0 aliphatic heterocycles. The molecule has 0 rings (SSSR count). The van der Waals surface area contributed by atoms with Gasteiger partial charge in [-0.2, -0.15) is 8.78 Å². The number of halogens is 4. The lowest BCUT2D eigenvalue weighted by Crippen LogP contribution is -2.32. The topological polar surface area (TPSA) is 26.3 Å². The quantitative estimate of drug-likeness (QED) is 0.287. The molecule has 78 valence electrons. The van der Waals surface area contributed by atoms with Gasteiger partial charge >= 0.3 is 11.9 Å². The zero-order valence-corrected chi connectivity index (χ0v) is 11.2. The van der Waals surface area contributed by atoms with Crippen LogP contribution in [0.1, 0.15) is 12.8 Å². The molecular formula is C7H10F2I2O2. The molecule has 0 aromatic carbocycles. The first-order valence-corrected chi connectivity index (χ1v) is 6.76. The van der Waals surface area contributed by atoms with E-state index in [-0.39, 0.29) is 6.61 Å². The first kappa shape index (κ1) is 13.8. The van der Waals surface area contributed by atoms with Crippen LogP contribution in [-0.2, 0) is 9.53 Å². The summed E-state index contributed by atoms with van der Waals surface area (Å²) in [6.07, 6.45) is 1.52. The third kappa shape index (κ3) is 5.97. The summed E-state index contributed by atoms with van der Waals surface area (Å²) in [6, 6.07) is 0. The van der Waals surface area contributed by atoms with E-state index >= 15 is 0 Å². The summed E-state index contributed by atoms with van der Waals surface area (Å²) in [5, 5.41) is 0. The first-order valence-electron chi connectivity index (χ1n) is 3.71. The molecule has 0 unspecified atom stereocenters. The Balaban J connectivity index is 3.62.